The Hall–Kier alpha value is -0.890. The van der Waals surface area contributed by atoms with Gasteiger partial charge in [0.05, 0.1) is 6.10 Å². The molecule has 0 aliphatic heterocycles. The van der Waals surface area contributed by atoms with Crippen LogP contribution in [0.5, 0.6) is 0 Å². The van der Waals surface area contributed by atoms with E-state index in [2.05, 4.69) is 11.9 Å². The number of aliphatic hydroxyl groups excluding tert-OH is 1. The molecule has 2 rings (SSSR count). The second-order valence-electron chi connectivity index (χ2n) is 5.24. The van der Waals surface area contributed by atoms with Crippen molar-refractivity contribution >= 4 is 0 Å². The summed E-state index contributed by atoms with van der Waals surface area (Å²) in [6.45, 7) is 4.23. The molecule has 0 bridgehead atoms. The van der Waals surface area contributed by atoms with E-state index >= 15 is 0 Å². The van der Waals surface area contributed by atoms with E-state index in [4.69, 9.17) is 0 Å². The van der Waals surface area contributed by atoms with Crippen LogP contribution < -0.4 is 0 Å². The highest BCUT2D eigenvalue weighted by molar-refractivity contribution is 5.22. The molecule has 1 aliphatic carbocycles. The Labute approximate surface area is 104 Å². The number of aromatic nitrogens is 1. The van der Waals surface area contributed by atoms with Gasteiger partial charge in [-0.15, -0.1) is 0 Å². The molecule has 1 N–H and O–H groups in total. The molecule has 94 valence electrons. The molecule has 0 saturated heterocycles. The van der Waals surface area contributed by atoms with Crippen LogP contribution in [0.25, 0.3) is 0 Å². The number of hydrogen-bond donors (Lipinski definition) is 1. The van der Waals surface area contributed by atoms with Gasteiger partial charge in [0.25, 0.3) is 0 Å². The van der Waals surface area contributed by atoms with Crippen molar-refractivity contribution in [2.45, 2.75) is 52.1 Å². The molecule has 1 aromatic heterocycles. The van der Waals surface area contributed by atoms with Gasteiger partial charge >= 0.3 is 0 Å². The molecule has 3 atom stereocenters. The van der Waals surface area contributed by atoms with Gasteiger partial charge in [-0.05, 0) is 31.2 Å². The molecule has 1 aromatic rings. The van der Waals surface area contributed by atoms with Crippen LogP contribution in [-0.2, 0) is 0 Å². The molecule has 0 spiro atoms. The van der Waals surface area contributed by atoms with Gasteiger partial charge in [-0.1, -0.05) is 38.7 Å². The Bertz CT molecular complexity index is 364. The van der Waals surface area contributed by atoms with Crippen molar-refractivity contribution in [2.75, 3.05) is 0 Å². The van der Waals surface area contributed by atoms with Crippen molar-refractivity contribution < 1.29 is 5.11 Å². The molecule has 17 heavy (non-hydrogen) atoms. The predicted octanol–water partition coefficient (Wildman–Crippen LogP) is 3.64. The average molecular weight is 233 g/mol. The summed E-state index contributed by atoms with van der Waals surface area (Å²) >= 11 is 0. The Morgan fingerprint density at radius 2 is 2.18 bits per heavy atom. The van der Waals surface area contributed by atoms with Crippen LogP contribution in [0.4, 0.5) is 0 Å². The number of pyridine rings is 1. The van der Waals surface area contributed by atoms with E-state index in [9.17, 15) is 5.11 Å². The van der Waals surface area contributed by atoms with Gasteiger partial charge < -0.3 is 5.11 Å². The molecule has 2 heteroatoms. The second-order valence-corrected chi connectivity index (χ2v) is 5.24. The number of hydrogen-bond acceptors (Lipinski definition) is 2. The van der Waals surface area contributed by atoms with Gasteiger partial charge in [0.2, 0.25) is 0 Å². The summed E-state index contributed by atoms with van der Waals surface area (Å²) in [5.41, 5.74) is 2.00. The van der Waals surface area contributed by atoms with E-state index in [-0.39, 0.29) is 6.10 Å². The summed E-state index contributed by atoms with van der Waals surface area (Å²) in [5.74, 6) is 1.11. The molecular weight excluding hydrogens is 210 g/mol. The normalized spacial score (nSPS) is 26.8. The number of aryl methyl sites for hydroxylation is 1. The van der Waals surface area contributed by atoms with Gasteiger partial charge in [-0.2, -0.15) is 0 Å². The number of rotatable bonds is 3. The molecule has 0 radical (unpaired) electrons. The SMILES string of the molecule is CCC1CCCCC1C(O)c1cccnc1C. The van der Waals surface area contributed by atoms with E-state index in [0.29, 0.717) is 11.8 Å². The minimum absolute atomic E-state index is 0.325. The first-order chi connectivity index (χ1) is 8.24. The summed E-state index contributed by atoms with van der Waals surface area (Å²) in [5, 5.41) is 10.6. The predicted molar refractivity (Wildman–Crippen MR) is 69.7 cm³/mol. The zero-order chi connectivity index (χ0) is 12.3. The van der Waals surface area contributed by atoms with Crippen LogP contribution in [0.3, 0.4) is 0 Å². The van der Waals surface area contributed by atoms with Crippen molar-refractivity contribution in [3.8, 4) is 0 Å². The largest absolute Gasteiger partial charge is 0.388 e. The smallest absolute Gasteiger partial charge is 0.0838 e. The van der Waals surface area contributed by atoms with Gasteiger partial charge in [0, 0.05) is 17.5 Å². The molecule has 3 unspecified atom stereocenters. The molecule has 1 aliphatic rings. The minimum Gasteiger partial charge on any atom is -0.388 e. The monoisotopic (exact) mass is 233 g/mol. The summed E-state index contributed by atoms with van der Waals surface area (Å²) in [6.07, 6.45) is 7.68. The van der Waals surface area contributed by atoms with Crippen molar-refractivity contribution in [1.29, 1.82) is 0 Å². The molecule has 1 saturated carbocycles. The van der Waals surface area contributed by atoms with Gasteiger partial charge in [-0.25, -0.2) is 0 Å². The van der Waals surface area contributed by atoms with E-state index in [1.165, 1.54) is 25.7 Å². The van der Waals surface area contributed by atoms with E-state index < -0.39 is 0 Å². The Morgan fingerprint density at radius 3 is 2.88 bits per heavy atom. The first kappa shape index (κ1) is 12.6. The summed E-state index contributed by atoms with van der Waals surface area (Å²) < 4.78 is 0. The van der Waals surface area contributed by atoms with Crippen LogP contribution in [0.15, 0.2) is 18.3 Å². The third-order valence-electron chi connectivity index (χ3n) is 4.26. The van der Waals surface area contributed by atoms with Crippen LogP contribution in [0.2, 0.25) is 0 Å². The zero-order valence-electron chi connectivity index (χ0n) is 10.9. The van der Waals surface area contributed by atoms with Crippen LogP contribution in [0, 0.1) is 18.8 Å². The minimum atomic E-state index is -0.325. The lowest BCUT2D eigenvalue weighted by Gasteiger charge is -2.34. The quantitative estimate of drug-likeness (QED) is 0.864. The Kier molecular flexibility index (Phi) is 4.16. The maximum atomic E-state index is 10.6. The highest BCUT2D eigenvalue weighted by Crippen LogP contribution is 2.40. The summed E-state index contributed by atoms with van der Waals surface area (Å²) in [4.78, 5) is 4.29. The zero-order valence-corrected chi connectivity index (χ0v) is 10.9. The van der Waals surface area contributed by atoms with E-state index in [1.54, 1.807) is 6.20 Å². The second kappa shape index (κ2) is 5.63. The maximum Gasteiger partial charge on any atom is 0.0838 e. The van der Waals surface area contributed by atoms with Gasteiger partial charge in [0.15, 0.2) is 0 Å². The van der Waals surface area contributed by atoms with Crippen LogP contribution in [0.1, 0.15) is 56.4 Å². The van der Waals surface area contributed by atoms with Crippen LogP contribution in [-0.4, -0.2) is 10.1 Å². The van der Waals surface area contributed by atoms with Crippen molar-refractivity contribution in [3.05, 3.63) is 29.6 Å². The van der Waals surface area contributed by atoms with Crippen molar-refractivity contribution in [3.63, 3.8) is 0 Å². The van der Waals surface area contributed by atoms with Crippen molar-refractivity contribution in [1.82, 2.24) is 4.98 Å². The fourth-order valence-electron chi connectivity index (χ4n) is 3.20. The first-order valence-electron chi connectivity index (χ1n) is 6.83. The highest BCUT2D eigenvalue weighted by Gasteiger charge is 2.31. The molecule has 0 aromatic carbocycles. The Morgan fingerprint density at radius 1 is 1.41 bits per heavy atom. The average Bonchev–Trinajstić information content (AvgIpc) is 2.38. The van der Waals surface area contributed by atoms with Crippen molar-refractivity contribution in [2.24, 2.45) is 11.8 Å². The molecule has 0 amide bonds. The van der Waals surface area contributed by atoms with E-state index in [1.807, 2.05) is 19.1 Å². The fraction of sp³-hybridized carbons (Fsp3) is 0.667. The Balaban J connectivity index is 2.18. The lowest BCUT2D eigenvalue weighted by atomic mass is 9.73. The topological polar surface area (TPSA) is 33.1 Å². The molecule has 1 heterocycles. The maximum absolute atomic E-state index is 10.6. The van der Waals surface area contributed by atoms with Crippen LogP contribution >= 0.6 is 0 Å². The van der Waals surface area contributed by atoms with E-state index in [0.717, 1.165) is 17.7 Å². The molecular formula is C15H23NO. The third-order valence-corrected chi connectivity index (χ3v) is 4.26. The fourth-order valence-corrected chi connectivity index (χ4v) is 3.20. The standard InChI is InChI=1S/C15H23NO/c1-3-12-7-4-5-8-14(12)15(17)13-9-6-10-16-11(13)2/h6,9-10,12,14-15,17H,3-5,7-8H2,1-2H3. The summed E-state index contributed by atoms with van der Waals surface area (Å²) in [6, 6.07) is 3.95. The lowest BCUT2D eigenvalue weighted by molar-refractivity contribution is 0.0445. The number of aliphatic hydroxyl groups is 1. The number of nitrogens with zero attached hydrogens (tertiary/aromatic N) is 1. The van der Waals surface area contributed by atoms with Gasteiger partial charge in [0.1, 0.15) is 0 Å². The molecule has 2 nitrogen and oxygen atoms in total. The first-order valence-corrected chi connectivity index (χ1v) is 6.83. The lowest BCUT2D eigenvalue weighted by Crippen LogP contribution is -2.25. The van der Waals surface area contributed by atoms with Gasteiger partial charge in [-0.3, -0.25) is 4.98 Å². The highest BCUT2D eigenvalue weighted by atomic mass is 16.3. The summed E-state index contributed by atoms with van der Waals surface area (Å²) in [7, 11) is 0. The molecule has 1 fully saturated rings. The third kappa shape index (κ3) is 2.68.